The van der Waals surface area contributed by atoms with Crippen molar-refractivity contribution in [3.05, 3.63) is 210 Å². The summed E-state index contributed by atoms with van der Waals surface area (Å²) in [5, 5.41) is 7.68. The fraction of sp³-hybridized carbons (Fsp3) is 0.123. The monoisotopic (exact) mass is 743 g/mol. The van der Waals surface area contributed by atoms with Gasteiger partial charge in [0.15, 0.2) is 0 Å². The Morgan fingerprint density at radius 1 is 0.431 bits per heavy atom. The Kier molecular flexibility index (Phi) is 8.19. The molecule has 278 valence electrons. The van der Waals surface area contributed by atoms with Crippen molar-refractivity contribution in [1.82, 2.24) is 0 Å². The van der Waals surface area contributed by atoms with Crippen LogP contribution >= 0.6 is 0 Å². The van der Waals surface area contributed by atoms with E-state index in [-0.39, 0.29) is 5.41 Å². The Bertz CT molecular complexity index is 3030. The molecule has 1 heteroatoms. The Balaban J connectivity index is 1.20. The van der Waals surface area contributed by atoms with Crippen LogP contribution < -0.4 is 4.90 Å². The van der Waals surface area contributed by atoms with Crippen LogP contribution in [0.5, 0.6) is 0 Å². The minimum Gasteiger partial charge on any atom is -0.310 e. The van der Waals surface area contributed by atoms with Crippen molar-refractivity contribution >= 4 is 60.5 Å². The lowest BCUT2D eigenvalue weighted by Gasteiger charge is -2.31. The zero-order valence-corrected chi connectivity index (χ0v) is 33.2. The number of allylic oxidation sites excluding steroid dienone is 8. The van der Waals surface area contributed by atoms with Gasteiger partial charge < -0.3 is 4.90 Å². The Morgan fingerprint density at radius 3 is 1.78 bits per heavy atom. The molecule has 3 aliphatic carbocycles. The first-order chi connectivity index (χ1) is 28.5. The van der Waals surface area contributed by atoms with Crippen LogP contribution in [-0.4, -0.2) is 0 Å². The van der Waals surface area contributed by atoms with E-state index in [0.717, 1.165) is 37.1 Å². The van der Waals surface area contributed by atoms with Crippen molar-refractivity contribution in [1.29, 1.82) is 0 Å². The summed E-state index contributed by atoms with van der Waals surface area (Å²) in [6.07, 6.45) is 16.3. The molecule has 0 fully saturated rings. The van der Waals surface area contributed by atoms with Crippen LogP contribution in [0.25, 0.3) is 65.7 Å². The topological polar surface area (TPSA) is 3.24 Å². The van der Waals surface area contributed by atoms with Gasteiger partial charge in [0, 0.05) is 22.4 Å². The number of hydrogen-bond donors (Lipinski definition) is 0. The van der Waals surface area contributed by atoms with Gasteiger partial charge in [0.2, 0.25) is 0 Å². The maximum Gasteiger partial charge on any atom is 0.0543 e. The second-order valence-electron chi connectivity index (χ2n) is 16.6. The molecule has 0 spiro atoms. The number of rotatable bonds is 6. The van der Waals surface area contributed by atoms with Crippen LogP contribution in [0.3, 0.4) is 0 Å². The summed E-state index contributed by atoms with van der Waals surface area (Å²) in [5.41, 5.74) is 16.4. The molecule has 11 rings (SSSR count). The van der Waals surface area contributed by atoms with E-state index in [1.54, 1.807) is 0 Å². The van der Waals surface area contributed by atoms with Gasteiger partial charge in [0.05, 0.1) is 5.69 Å². The summed E-state index contributed by atoms with van der Waals surface area (Å²) in [6.45, 7) is 4.84. The van der Waals surface area contributed by atoms with E-state index >= 15 is 0 Å². The van der Waals surface area contributed by atoms with E-state index in [1.165, 1.54) is 93.7 Å². The molecule has 0 saturated heterocycles. The molecule has 3 aliphatic rings. The Hall–Kier alpha value is -6.70. The molecule has 0 aromatic heterocycles. The van der Waals surface area contributed by atoms with Crippen LogP contribution in [-0.2, 0) is 5.41 Å². The third-order valence-corrected chi connectivity index (χ3v) is 12.9. The van der Waals surface area contributed by atoms with Crippen LogP contribution in [0.4, 0.5) is 17.1 Å². The molecule has 8 aromatic rings. The van der Waals surface area contributed by atoms with Gasteiger partial charge >= 0.3 is 0 Å². The molecule has 0 radical (unpaired) electrons. The molecular weight excluding hydrogens is 699 g/mol. The van der Waals surface area contributed by atoms with Gasteiger partial charge in [-0.25, -0.2) is 0 Å². The second-order valence-corrected chi connectivity index (χ2v) is 16.6. The van der Waals surface area contributed by atoms with Crippen LogP contribution in [0.15, 0.2) is 194 Å². The first-order valence-electron chi connectivity index (χ1n) is 20.9. The van der Waals surface area contributed by atoms with Gasteiger partial charge in [0.25, 0.3) is 0 Å². The van der Waals surface area contributed by atoms with Crippen LogP contribution in [0.1, 0.15) is 56.2 Å². The maximum absolute atomic E-state index is 2.53. The van der Waals surface area contributed by atoms with Gasteiger partial charge in [-0.05, 0) is 151 Å². The number of benzene rings is 8. The third kappa shape index (κ3) is 5.60. The molecule has 0 aliphatic heterocycles. The number of anilines is 3. The molecule has 0 heterocycles. The summed E-state index contributed by atoms with van der Waals surface area (Å²) in [6, 6.07) is 59.2. The van der Waals surface area contributed by atoms with E-state index in [1.807, 2.05) is 0 Å². The van der Waals surface area contributed by atoms with Gasteiger partial charge in [-0.15, -0.1) is 0 Å². The third-order valence-electron chi connectivity index (χ3n) is 12.9. The first-order valence-corrected chi connectivity index (χ1v) is 20.9. The average molecular weight is 744 g/mol. The number of fused-ring (bicyclic) bond motifs is 9. The van der Waals surface area contributed by atoms with E-state index in [4.69, 9.17) is 0 Å². The van der Waals surface area contributed by atoms with Crippen molar-refractivity contribution in [2.24, 2.45) is 0 Å². The van der Waals surface area contributed by atoms with Crippen LogP contribution in [0, 0.1) is 0 Å². The summed E-state index contributed by atoms with van der Waals surface area (Å²) in [7, 11) is 0. The van der Waals surface area contributed by atoms with Gasteiger partial charge in [0.1, 0.15) is 0 Å². The molecular formula is C57H45N. The highest BCUT2D eigenvalue weighted by atomic mass is 15.1. The zero-order chi connectivity index (χ0) is 38.8. The molecule has 0 N–H and O–H groups in total. The Morgan fingerprint density at radius 2 is 1.05 bits per heavy atom. The van der Waals surface area contributed by atoms with Crippen molar-refractivity contribution in [2.45, 2.75) is 44.9 Å². The standard InChI is InChI=1S/C57H45N/c1-57(2)54-27-14-13-26-50(54)53-36-51(42-21-15-20-41(34-42)39-18-7-4-8-19-39)56(37-55(53)57)58(43-30-28-40(29-31-43)38-16-5-3-6-17-38)44-32-33-49-47-24-10-9-22-45(47)46-23-11-12-25-48(46)52(49)35-44/h4-5,7-12,15-37H,3,6,13-14H2,1-2H3. The molecule has 0 amide bonds. The van der Waals surface area contributed by atoms with Crippen molar-refractivity contribution in [2.75, 3.05) is 4.90 Å². The normalized spacial score (nSPS) is 15.5. The Labute approximate surface area is 341 Å². The van der Waals surface area contributed by atoms with E-state index in [9.17, 15) is 0 Å². The van der Waals surface area contributed by atoms with Crippen molar-refractivity contribution < 1.29 is 0 Å². The zero-order valence-electron chi connectivity index (χ0n) is 33.2. The predicted molar refractivity (Wildman–Crippen MR) is 249 cm³/mol. The highest BCUT2D eigenvalue weighted by molar-refractivity contribution is 6.25. The largest absolute Gasteiger partial charge is 0.310 e. The lowest BCUT2D eigenvalue weighted by molar-refractivity contribution is 0.654. The summed E-state index contributed by atoms with van der Waals surface area (Å²) in [4.78, 5) is 2.53. The molecule has 8 aromatic carbocycles. The summed E-state index contributed by atoms with van der Waals surface area (Å²) in [5.74, 6) is 0. The predicted octanol–water partition coefficient (Wildman–Crippen LogP) is 16.1. The molecule has 1 nitrogen and oxygen atoms in total. The van der Waals surface area contributed by atoms with Crippen molar-refractivity contribution in [3.8, 4) is 22.3 Å². The highest BCUT2D eigenvalue weighted by Gasteiger charge is 2.40. The maximum atomic E-state index is 2.53. The van der Waals surface area contributed by atoms with Crippen molar-refractivity contribution in [3.63, 3.8) is 0 Å². The molecule has 0 bridgehead atoms. The fourth-order valence-corrected chi connectivity index (χ4v) is 10.0. The minimum absolute atomic E-state index is 0.116. The molecule has 58 heavy (non-hydrogen) atoms. The smallest absolute Gasteiger partial charge is 0.0543 e. The first kappa shape index (κ1) is 34.5. The number of nitrogens with zero attached hydrogens (tertiary/aromatic N) is 1. The molecule has 0 atom stereocenters. The van der Waals surface area contributed by atoms with Gasteiger partial charge in [-0.1, -0.05) is 159 Å². The molecule has 0 saturated carbocycles. The van der Waals surface area contributed by atoms with Crippen LogP contribution in [0.2, 0.25) is 0 Å². The SMILES string of the molecule is CC1(C)C2=CCCC=C2c2cc(-c3cccc(-c4ccccc4)c3)c(N(c3ccc(C4=CCCC=C4)cc3)c3ccc4c5ccccc5c5ccccc5c4c3)cc21. The quantitative estimate of drug-likeness (QED) is 0.153. The van der Waals surface area contributed by atoms with Gasteiger partial charge in [-0.3, -0.25) is 0 Å². The summed E-state index contributed by atoms with van der Waals surface area (Å²) < 4.78 is 0. The molecule has 0 unspecified atom stereocenters. The summed E-state index contributed by atoms with van der Waals surface area (Å²) >= 11 is 0. The van der Waals surface area contributed by atoms with Gasteiger partial charge in [-0.2, -0.15) is 0 Å². The average Bonchev–Trinajstić information content (AvgIpc) is 3.52. The van der Waals surface area contributed by atoms with E-state index in [0.29, 0.717) is 0 Å². The van der Waals surface area contributed by atoms with E-state index < -0.39 is 0 Å². The lowest BCUT2D eigenvalue weighted by Crippen LogP contribution is -2.17. The fourth-order valence-electron chi connectivity index (χ4n) is 10.0. The van der Waals surface area contributed by atoms with E-state index in [2.05, 4.69) is 207 Å². The lowest BCUT2D eigenvalue weighted by atomic mass is 9.80. The minimum atomic E-state index is -0.116. The highest BCUT2D eigenvalue weighted by Crippen LogP contribution is 2.55. The number of hydrogen-bond acceptors (Lipinski definition) is 1. The second kappa shape index (κ2) is 13.7.